The Morgan fingerprint density at radius 3 is 2.52 bits per heavy atom. The highest BCUT2D eigenvalue weighted by atomic mass is 35.5. The molecule has 1 aliphatic heterocycles. The van der Waals surface area contributed by atoms with Crippen molar-refractivity contribution in [2.24, 2.45) is 0 Å². The molecular weight excluding hydrogens is 317 g/mol. The number of carboxylic acids is 1. The number of halogens is 2. The summed E-state index contributed by atoms with van der Waals surface area (Å²) in [4.78, 5) is 24.5. The molecule has 0 atom stereocenters. The van der Waals surface area contributed by atoms with Crippen molar-refractivity contribution in [1.29, 1.82) is 0 Å². The Balaban J connectivity index is 2.05. The van der Waals surface area contributed by atoms with Gasteiger partial charge >= 0.3 is 5.97 Å². The summed E-state index contributed by atoms with van der Waals surface area (Å²) in [7, 11) is 0. The Bertz CT molecular complexity index is 589. The SMILES string of the molecule is Cc1c(C(=O)O)cnn1C1CCN(C(=O)/C(Cl)=C/Cl)CC1. The fourth-order valence-electron chi connectivity index (χ4n) is 2.51. The number of piperidine rings is 1. The number of aromatic carboxylic acids is 1. The van der Waals surface area contributed by atoms with Crippen molar-refractivity contribution in [3.63, 3.8) is 0 Å². The van der Waals surface area contributed by atoms with Crippen molar-refractivity contribution >= 4 is 35.1 Å². The first-order valence-electron chi connectivity index (χ1n) is 6.48. The summed E-state index contributed by atoms with van der Waals surface area (Å²) in [5.74, 6) is -1.26. The van der Waals surface area contributed by atoms with Crippen LogP contribution in [-0.4, -0.2) is 44.8 Å². The molecule has 0 unspecified atom stereocenters. The first-order chi connectivity index (χ1) is 9.95. The average molecular weight is 332 g/mol. The van der Waals surface area contributed by atoms with E-state index in [2.05, 4.69) is 5.10 Å². The van der Waals surface area contributed by atoms with Gasteiger partial charge in [-0.2, -0.15) is 5.10 Å². The van der Waals surface area contributed by atoms with E-state index in [1.165, 1.54) is 6.20 Å². The number of nitrogens with zero attached hydrogens (tertiary/aromatic N) is 3. The molecule has 8 heteroatoms. The van der Waals surface area contributed by atoms with E-state index in [9.17, 15) is 9.59 Å². The first-order valence-corrected chi connectivity index (χ1v) is 7.29. The molecule has 114 valence electrons. The van der Waals surface area contributed by atoms with Crippen LogP contribution in [0.1, 0.15) is 34.9 Å². The third kappa shape index (κ3) is 3.22. The van der Waals surface area contributed by atoms with E-state index in [1.54, 1.807) is 16.5 Å². The summed E-state index contributed by atoms with van der Waals surface area (Å²) in [5, 5.41) is 13.2. The molecule has 1 aromatic heterocycles. The number of carboxylic acid groups (broad SMARTS) is 1. The molecule has 0 aromatic carbocycles. The van der Waals surface area contributed by atoms with Crippen LogP contribution in [-0.2, 0) is 4.79 Å². The van der Waals surface area contributed by atoms with Crippen LogP contribution in [0.5, 0.6) is 0 Å². The Hall–Kier alpha value is -1.53. The van der Waals surface area contributed by atoms with E-state index in [4.69, 9.17) is 28.3 Å². The number of carbonyl (C=O) groups excluding carboxylic acids is 1. The van der Waals surface area contributed by atoms with Crippen molar-refractivity contribution in [2.75, 3.05) is 13.1 Å². The minimum atomic E-state index is -0.981. The molecule has 0 spiro atoms. The quantitative estimate of drug-likeness (QED) is 0.863. The van der Waals surface area contributed by atoms with Gasteiger partial charge in [-0.05, 0) is 19.8 Å². The molecule has 1 aliphatic rings. The highest BCUT2D eigenvalue weighted by molar-refractivity contribution is 6.46. The van der Waals surface area contributed by atoms with Gasteiger partial charge < -0.3 is 10.0 Å². The van der Waals surface area contributed by atoms with Gasteiger partial charge in [0, 0.05) is 18.6 Å². The number of carbonyl (C=O) groups is 2. The summed E-state index contributed by atoms with van der Waals surface area (Å²) in [5.41, 5.74) is 1.90. The zero-order valence-electron chi connectivity index (χ0n) is 11.4. The van der Waals surface area contributed by atoms with Crippen molar-refractivity contribution in [3.05, 3.63) is 28.0 Å². The predicted octanol–water partition coefficient (Wildman–Crippen LogP) is 2.37. The van der Waals surface area contributed by atoms with Gasteiger partial charge in [0.05, 0.1) is 17.9 Å². The highest BCUT2D eigenvalue weighted by Gasteiger charge is 2.27. The maximum absolute atomic E-state index is 11.9. The highest BCUT2D eigenvalue weighted by Crippen LogP contribution is 2.25. The number of hydrogen-bond donors (Lipinski definition) is 1. The van der Waals surface area contributed by atoms with Crippen LogP contribution < -0.4 is 0 Å². The third-order valence-corrected chi connectivity index (χ3v) is 4.27. The fraction of sp³-hybridized carbons (Fsp3) is 0.462. The summed E-state index contributed by atoms with van der Waals surface area (Å²) >= 11 is 11.2. The molecule has 1 aromatic rings. The van der Waals surface area contributed by atoms with Crippen molar-refractivity contribution in [1.82, 2.24) is 14.7 Å². The maximum atomic E-state index is 11.9. The van der Waals surface area contributed by atoms with Gasteiger partial charge in [-0.1, -0.05) is 23.2 Å². The number of rotatable bonds is 3. The molecule has 2 heterocycles. The molecule has 1 N–H and O–H groups in total. The third-order valence-electron chi connectivity index (χ3n) is 3.67. The van der Waals surface area contributed by atoms with E-state index >= 15 is 0 Å². The van der Waals surface area contributed by atoms with Crippen LogP contribution in [0.2, 0.25) is 0 Å². The zero-order chi connectivity index (χ0) is 15.6. The Labute approximate surface area is 131 Å². The topological polar surface area (TPSA) is 75.4 Å². The van der Waals surface area contributed by atoms with E-state index in [0.717, 1.165) is 5.54 Å². The fourth-order valence-corrected chi connectivity index (χ4v) is 2.73. The minimum absolute atomic E-state index is 0.00134. The molecule has 0 bridgehead atoms. The second kappa shape index (κ2) is 6.49. The minimum Gasteiger partial charge on any atom is -0.478 e. The molecule has 0 radical (unpaired) electrons. The van der Waals surface area contributed by atoms with Crippen molar-refractivity contribution in [2.45, 2.75) is 25.8 Å². The molecule has 1 fully saturated rings. The lowest BCUT2D eigenvalue weighted by molar-refractivity contribution is -0.127. The van der Waals surface area contributed by atoms with Gasteiger partial charge in [0.25, 0.3) is 5.91 Å². The number of hydrogen-bond acceptors (Lipinski definition) is 3. The van der Waals surface area contributed by atoms with E-state index in [-0.39, 0.29) is 22.5 Å². The molecule has 0 aliphatic carbocycles. The van der Waals surface area contributed by atoms with Crippen LogP contribution in [0.15, 0.2) is 16.8 Å². The van der Waals surface area contributed by atoms with Gasteiger partial charge in [-0.15, -0.1) is 0 Å². The molecule has 21 heavy (non-hydrogen) atoms. The number of amides is 1. The Morgan fingerprint density at radius 2 is 2.05 bits per heavy atom. The van der Waals surface area contributed by atoms with Gasteiger partial charge in [0.2, 0.25) is 0 Å². The van der Waals surface area contributed by atoms with E-state index < -0.39 is 5.97 Å². The largest absolute Gasteiger partial charge is 0.478 e. The molecule has 0 saturated carbocycles. The van der Waals surface area contributed by atoms with Crippen molar-refractivity contribution < 1.29 is 14.7 Å². The van der Waals surface area contributed by atoms with Gasteiger partial charge in [-0.25, -0.2) is 4.79 Å². The Kier molecular flexibility index (Phi) is 4.90. The molecule has 6 nitrogen and oxygen atoms in total. The zero-order valence-corrected chi connectivity index (χ0v) is 12.9. The summed E-state index contributed by atoms with van der Waals surface area (Å²) < 4.78 is 1.73. The van der Waals surface area contributed by atoms with Crippen LogP contribution in [0, 0.1) is 6.92 Å². The molecule has 1 saturated heterocycles. The Morgan fingerprint density at radius 1 is 1.43 bits per heavy atom. The van der Waals surface area contributed by atoms with Gasteiger partial charge in [0.15, 0.2) is 0 Å². The average Bonchev–Trinajstić information content (AvgIpc) is 2.87. The monoisotopic (exact) mass is 331 g/mol. The molecule has 1 amide bonds. The number of likely N-dealkylation sites (tertiary alicyclic amines) is 1. The maximum Gasteiger partial charge on any atom is 0.339 e. The lowest BCUT2D eigenvalue weighted by atomic mass is 10.0. The van der Waals surface area contributed by atoms with Gasteiger partial charge in [0.1, 0.15) is 10.6 Å². The van der Waals surface area contributed by atoms with Crippen LogP contribution in [0.25, 0.3) is 0 Å². The smallest absolute Gasteiger partial charge is 0.339 e. The van der Waals surface area contributed by atoms with Crippen LogP contribution in [0.4, 0.5) is 0 Å². The lowest BCUT2D eigenvalue weighted by Gasteiger charge is -2.32. The van der Waals surface area contributed by atoms with E-state index in [1.807, 2.05) is 0 Å². The standard InChI is InChI=1S/C13H15Cl2N3O3/c1-8-10(13(20)21)7-16-18(8)9-2-4-17(5-3-9)12(19)11(15)6-14/h6-7,9H,2-5H2,1H3,(H,20,21)/b11-6-. The first kappa shape index (κ1) is 15.9. The summed E-state index contributed by atoms with van der Waals surface area (Å²) in [6, 6.07) is 0.0842. The molecular formula is C13H15Cl2N3O3. The van der Waals surface area contributed by atoms with E-state index in [0.29, 0.717) is 31.6 Å². The lowest BCUT2D eigenvalue weighted by Crippen LogP contribution is -2.39. The van der Waals surface area contributed by atoms with Gasteiger partial charge in [-0.3, -0.25) is 9.48 Å². The van der Waals surface area contributed by atoms with Crippen molar-refractivity contribution in [3.8, 4) is 0 Å². The normalized spacial score (nSPS) is 17.1. The van der Waals surface area contributed by atoms with Crippen LogP contribution >= 0.6 is 23.2 Å². The summed E-state index contributed by atoms with van der Waals surface area (Å²) in [6.07, 6.45) is 2.75. The summed E-state index contributed by atoms with van der Waals surface area (Å²) in [6.45, 7) is 2.80. The predicted molar refractivity (Wildman–Crippen MR) is 78.6 cm³/mol. The number of aromatic nitrogens is 2. The molecule has 2 rings (SSSR count). The van der Waals surface area contributed by atoms with Crippen LogP contribution in [0.3, 0.4) is 0 Å². The second-order valence-corrected chi connectivity index (χ2v) is 5.50. The second-order valence-electron chi connectivity index (χ2n) is 4.87.